The van der Waals surface area contributed by atoms with Gasteiger partial charge < -0.3 is 0 Å². The number of carbonyl (C=O) groups is 1. The summed E-state index contributed by atoms with van der Waals surface area (Å²) in [4.78, 5) is 12.3. The Morgan fingerprint density at radius 2 is 1.41 bits per heavy atom. The second-order valence-electron chi connectivity index (χ2n) is 4.51. The second-order valence-corrected chi connectivity index (χ2v) is 4.51. The Morgan fingerprint density at radius 3 is 2.06 bits per heavy atom. The average Bonchev–Trinajstić information content (AvgIpc) is 2.32. The third kappa shape index (κ3) is 2.44. The van der Waals surface area contributed by atoms with E-state index in [0.717, 1.165) is 22.3 Å². The van der Waals surface area contributed by atoms with Crippen molar-refractivity contribution in [1.82, 2.24) is 0 Å². The lowest BCUT2D eigenvalue weighted by Crippen LogP contribution is -2.04. The first-order valence-electron chi connectivity index (χ1n) is 5.76. The highest BCUT2D eigenvalue weighted by Crippen LogP contribution is 2.16. The molecule has 0 amide bonds. The Kier molecular flexibility index (Phi) is 3.10. The van der Waals surface area contributed by atoms with Crippen LogP contribution in [0.4, 0.5) is 0 Å². The molecule has 0 spiro atoms. The fourth-order valence-electron chi connectivity index (χ4n) is 1.84. The van der Waals surface area contributed by atoms with Gasteiger partial charge in [-0.2, -0.15) is 0 Å². The maximum Gasteiger partial charge on any atom is 0.193 e. The zero-order valence-electron chi connectivity index (χ0n) is 10.4. The summed E-state index contributed by atoms with van der Waals surface area (Å²) in [6.45, 7) is 6.00. The zero-order valence-corrected chi connectivity index (χ0v) is 10.4. The molecule has 2 aromatic rings. The summed E-state index contributed by atoms with van der Waals surface area (Å²) in [5.41, 5.74) is 4.87. The predicted octanol–water partition coefficient (Wildman–Crippen LogP) is 3.84. The van der Waals surface area contributed by atoms with Gasteiger partial charge in [-0.05, 0) is 32.4 Å². The van der Waals surface area contributed by atoms with E-state index in [-0.39, 0.29) is 5.78 Å². The molecule has 17 heavy (non-hydrogen) atoms. The SMILES string of the molecule is Cc1ccc(C(=O)c2cc(C)ccc2C)cc1. The zero-order chi connectivity index (χ0) is 12.4. The van der Waals surface area contributed by atoms with Gasteiger partial charge in [0.15, 0.2) is 5.78 Å². The maximum absolute atomic E-state index is 12.3. The van der Waals surface area contributed by atoms with Gasteiger partial charge in [0, 0.05) is 11.1 Å². The standard InChI is InChI=1S/C16H16O/c1-11-5-8-14(9-6-11)16(17)15-10-12(2)4-7-13(15)3/h4-10H,1-3H3. The summed E-state index contributed by atoms with van der Waals surface area (Å²) in [5, 5.41) is 0. The lowest BCUT2D eigenvalue weighted by atomic mass is 9.97. The summed E-state index contributed by atoms with van der Waals surface area (Å²) in [5.74, 6) is 0.103. The Labute approximate surface area is 102 Å². The van der Waals surface area contributed by atoms with Crippen LogP contribution in [-0.2, 0) is 0 Å². The van der Waals surface area contributed by atoms with Crippen molar-refractivity contribution in [3.05, 3.63) is 70.3 Å². The van der Waals surface area contributed by atoms with Crippen LogP contribution in [-0.4, -0.2) is 5.78 Å². The minimum atomic E-state index is 0.103. The van der Waals surface area contributed by atoms with Crippen LogP contribution in [0.1, 0.15) is 32.6 Å². The molecule has 0 heterocycles. The number of hydrogen-bond donors (Lipinski definition) is 0. The first-order valence-corrected chi connectivity index (χ1v) is 5.76. The molecule has 0 aliphatic carbocycles. The first-order chi connectivity index (χ1) is 8.08. The van der Waals surface area contributed by atoms with Crippen LogP contribution < -0.4 is 0 Å². The Morgan fingerprint density at radius 1 is 0.824 bits per heavy atom. The average molecular weight is 224 g/mol. The molecule has 2 aromatic carbocycles. The molecule has 0 aliphatic rings. The van der Waals surface area contributed by atoms with Crippen molar-refractivity contribution in [2.75, 3.05) is 0 Å². The van der Waals surface area contributed by atoms with E-state index < -0.39 is 0 Å². The first kappa shape index (κ1) is 11.6. The monoisotopic (exact) mass is 224 g/mol. The van der Waals surface area contributed by atoms with Crippen molar-refractivity contribution < 1.29 is 4.79 Å². The van der Waals surface area contributed by atoms with Crippen molar-refractivity contribution in [2.24, 2.45) is 0 Å². The van der Waals surface area contributed by atoms with Crippen LogP contribution in [0.15, 0.2) is 42.5 Å². The van der Waals surface area contributed by atoms with E-state index in [0.29, 0.717) is 0 Å². The minimum absolute atomic E-state index is 0.103. The van der Waals surface area contributed by atoms with Crippen LogP contribution in [0.3, 0.4) is 0 Å². The third-order valence-electron chi connectivity index (χ3n) is 2.95. The Balaban J connectivity index is 2.43. The smallest absolute Gasteiger partial charge is 0.193 e. The number of rotatable bonds is 2. The summed E-state index contributed by atoms with van der Waals surface area (Å²) in [7, 11) is 0. The van der Waals surface area contributed by atoms with Gasteiger partial charge in [0.1, 0.15) is 0 Å². The predicted molar refractivity (Wildman–Crippen MR) is 70.5 cm³/mol. The molecule has 2 rings (SSSR count). The quantitative estimate of drug-likeness (QED) is 0.708. The normalized spacial score (nSPS) is 10.3. The van der Waals surface area contributed by atoms with Gasteiger partial charge >= 0.3 is 0 Å². The van der Waals surface area contributed by atoms with Crippen LogP contribution in [0.5, 0.6) is 0 Å². The highest BCUT2D eigenvalue weighted by Gasteiger charge is 2.11. The third-order valence-corrected chi connectivity index (χ3v) is 2.95. The van der Waals surface area contributed by atoms with Crippen LogP contribution in [0, 0.1) is 20.8 Å². The topological polar surface area (TPSA) is 17.1 Å². The molecule has 1 heteroatoms. The van der Waals surface area contributed by atoms with Crippen molar-refractivity contribution in [3.8, 4) is 0 Å². The van der Waals surface area contributed by atoms with Crippen LogP contribution in [0.25, 0.3) is 0 Å². The fraction of sp³-hybridized carbons (Fsp3) is 0.188. The number of carbonyl (C=O) groups excluding carboxylic acids is 1. The fourth-order valence-corrected chi connectivity index (χ4v) is 1.84. The van der Waals surface area contributed by atoms with Gasteiger partial charge in [-0.25, -0.2) is 0 Å². The van der Waals surface area contributed by atoms with Gasteiger partial charge in [0.25, 0.3) is 0 Å². The summed E-state index contributed by atoms with van der Waals surface area (Å²) < 4.78 is 0. The molecule has 1 nitrogen and oxygen atoms in total. The second kappa shape index (κ2) is 4.54. The van der Waals surface area contributed by atoms with Gasteiger partial charge in [-0.15, -0.1) is 0 Å². The van der Waals surface area contributed by atoms with E-state index in [1.807, 2.05) is 63.2 Å². The molecule has 0 saturated heterocycles. The van der Waals surface area contributed by atoms with E-state index in [2.05, 4.69) is 0 Å². The highest BCUT2D eigenvalue weighted by atomic mass is 16.1. The van der Waals surface area contributed by atoms with E-state index in [1.165, 1.54) is 5.56 Å². The molecule has 0 bridgehead atoms. The van der Waals surface area contributed by atoms with E-state index in [1.54, 1.807) is 0 Å². The number of ketones is 1. The maximum atomic E-state index is 12.3. The van der Waals surface area contributed by atoms with Crippen LogP contribution in [0.2, 0.25) is 0 Å². The van der Waals surface area contributed by atoms with Gasteiger partial charge in [-0.1, -0.05) is 47.5 Å². The van der Waals surface area contributed by atoms with E-state index >= 15 is 0 Å². The molecule has 0 aliphatic heterocycles. The van der Waals surface area contributed by atoms with Crippen LogP contribution >= 0.6 is 0 Å². The lowest BCUT2D eigenvalue weighted by Gasteiger charge is -2.06. The largest absolute Gasteiger partial charge is 0.289 e. The van der Waals surface area contributed by atoms with Gasteiger partial charge in [-0.3, -0.25) is 4.79 Å². The number of aryl methyl sites for hydroxylation is 3. The molecule has 86 valence electrons. The lowest BCUT2D eigenvalue weighted by molar-refractivity contribution is 0.103. The molecular weight excluding hydrogens is 208 g/mol. The number of benzene rings is 2. The molecule has 0 unspecified atom stereocenters. The summed E-state index contributed by atoms with van der Waals surface area (Å²) >= 11 is 0. The Hall–Kier alpha value is -1.89. The van der Waals surface area contributed by atoms with Crippen molar-refractivity contribution in [1.29, 1.82) is 0 Å². The Bertz CT molecular complexity index is 550. The summed E-state index contributed by atoms with van der Waals surface area (Å²) in [6.07, 6.45) is 0. The van der Waals surface area contributed by atoms with Crippen molar-refractivity contribution in [3.63, 3.8) is 0 Å². The van der Waals surface area contributed by atoms with E-state index in [9.17, 15) is 4.79 Å². The summed E-state index contributed by atoms with van der Waals surface area (Å²) in [6, 6.07) is 13.7. The molecule has 0 saturated carbocycles. The molecule has 0 aromatic heterocycles. The highest BCUT2D eigenvalue weighted by molar-refractivity contribution is 6.09. The number of hydrogen-bond acceptors (Lipinski definition) is 1. The minimum Gasteiger partial charge on any atom is -0.289 e. The molecule has 0 atom stereocenters. The molecule has 0 radical (unpaired) electrons. The van der Waals surface area contributed by atoms with Gasteiger partial charge in [0.05, 0.1) is 0 Å². The molecule has 0 fully saturated rings. The molecular formula is C16H16O. The van der Waals surface area contributed by atoms with Crippen molar-refractivity contribution in [2.45, 2.75) is 20.8 Å². The van der Waals surface area contributed by atoms with E-state index in [4.69, 9.17) is 0 Å². The van der Waals surface area contributed by atoms with Gasteiger partial charge in [0.2, 0.25) is 0 Å². The van der Waals surface area contributed by atoms with Crippen molar-refractivity contribution >= 4 is 5.78 Å². The molecule has 0 N–H and O–H groups in total.